The molecule has 1 aromatic carbocycles. The summed E-state index contributed by atoms with van der Waals surface area (Å²) < 4.78 is 0. The van der Waals surface area contributed by atoms with E-state index in [1.54, 1.807) is 6.07 Å². The average Bonchev–Trinajstić information content (AvgIpc) is 2.38. The molecule has 2 N–H and O–H groups in total. The monoisotopic (exact) mass is 292 g/mol. The maximum atomic E-state index is 11.2. The Hall–Kier alpha value is -2.47. The second-order valence-electron chi connectivity index (χ2n) is 3.98. The van der Waals surface area contributed by atoms with Gasteiger partial charge in [-0.1, -0.05) is 6.07 Å². The van der Waals surface area contributed by atoms with Gasteiger partial charge < -0.3 is 10.2 Å². The van der Waals surface area contributed by atoms with E-state index in [2.05, 4.69) is 9.97 Å². The van der Waals surface area contributed by atoms with Crippen LogP contribution in [0, 0.1) is 0 Å². The van der Waals surface area contributed by atoms with E-state index >= 15 is 0 Å². The van der Waals surface area contributed by atoms with Crippen molar-refractivity contribution in [3.8, 4) is 0 Å². The maximum absolute atomic E-state index is 11.2. The summed E-state index contributed by atoms with van der Waals surface area (Å²) in [6.45, 7) is 0. The van der Waals surface area contributed by atoms with Crippen molar-refractivity contribution in [2.24, 2.45) is 0 Å². The summed E-state index contributed by atoms with van der Waals surface area (Å²) in [4.78, 5) is 29.8. The van der Waals surface area contributed by atoms with Crippen LogP contribution in [0.5, 0.6) is 0 Å². The van der Waals surface area contributed by atoms with Crippen molar-refractivity contribution in [2.45, 2.75) is 6.42 Å². The summed E-state index contributed by atoms with van der Waals surface area (Å²) in [5.41, 5.74) is 0.861. The molecule has 0 atom stereocenters. The molecule has 20 heavy (non-hydrogen) atoms. The molecule has 2 rings (SSSR count). The van der Waals surface area contributed by atoms with Crippen LogP contribution in [0.25, 0.3) is 0 Å². The zero-order valence-corrected chi connectivity index (χ0v) is 10.8. The lowest BCUT2D eigenvalue weighted by Crippen LogP contribution is -2.07. The minimum atomic E-state index is -1.19. The summed E-state index contributed by atoms with van der Waals surface area (Å²) in [7, 11) is 0. The number of aromatic nitrogens is 2. The zero-order valence-electron chi connectivity index (χ0n) is 10.1. The van der Waals surface area contributed by atoms with Gasteiger partial charge in [0, 0.05) is 18.3 Å². The molecule has 0 saturated carbocycles. The Morgan fingerprint density at radius 1 is 1.15 bits per heavy atom. The number of benzene rings is 1. The molecular weight excluding hydrogens is 284 g/mol. The SMILES string of the molecule is O=C(O)c1ccc(Cc2ccnc(Cl)n2)c(C(=O)O)c1. The Labute approximate surface area is 118 Å². The minimum absolute atomic E-state index is 0.0698. The fourth-order valence-corrected chi connectivity index (χ4v) is 1.89. The molecule has 1 aromatic heterocycles. The number of hydrogen-bond acceptors (Lipinski definition) is 4. The van der Waals surface area contributed by atoms with E-state index in [1.807, 2.05) is 0 Å². The van der Waals surface area contributed by atoms with Gasteiger partial charge in [0.1, 0.15) is 0 Å². The van der Waals surface area contributed by atoms with Crippen molar-refractivity contribution in [3.05, 3.63) is 58.1 Å². The quantitative estimate of drug-likeness (QED) is 0.837. The molecule has 0 unspecified atom stereocenters. The summed E-state index contributed by atoms with van der Waals surface area (Å²) in [6.07, 6.45) is 1.69. The van der Waals surface area contributed by atoms with E-state index in [0.717, 1.165) is 6.07 Å². The molecule has 0 fully saturated rings. The van der Waals surface area contributed by atoms with E-state index < -0.39 is 11.9 Å². The summed E-state index contributed by atoms with van der Waals surface area (Å²) in [5.74, 6) is -2.37. The van der Waals surface area contributed by atoms with Gasteiger partial charge in [0.2, 0.25) is 5.28 Å². The minimum Gasteiger partial charge on any atom is -0.478 e. The molecule has 0 aliphatic carbocycles. The van der Waals surface area contributed by atoms with E-state index in [9.17, 15) is 9.59 Å². The highest BCUT2D eigenvalue weighted by atomic mass is 35.5. The highest BCUT2D eigenvalue weighted by Gasteiger charge is 2.14. The zero-order chi connectivity index (χ0) is 14.7. The third-order valence-electron chi connectivity index (χ3n) is 2.64. The molecule has 6 nitrogen and oxygen atoms in total. The van der Waals surface area contributed by atoms with Crippen LogP contribution in [0.1, 0.15) is 32.0 Å². The van der Waals surface area contributed by atoms with Gasteiger partial charge in [-0.15, -0.1) is 0 Å². The number of carboxylic acid groups (broad SMARTS) is 2. The Bertz CT molecular complexity index is 688. The van der Waals surface area contributed by atoms with Crippen LogP contribution in [-0.2, 0) is 6.42 Å². The predicted molar refractivity (Wildman–Crippen MR) is 70.2 cm³/mol. The molecule has 0 aliphatic rings. The first kappa shape index (κ1) is 14.0. The van der Waals surface area contributed by atoms with Crippen molar-refractivity contribution in [1.29, 1.82) is 0 Å². The van der Waals surface area contributed by atoms with Crippen LogP contribution in [0.15, 0.2) is 30.5 Å². The molecule has 2 aromatic rings. The number of halogens is 1. The van der Waals surface area contributed by atoms with E-state index in [4.69, 9.17) is 21.8 Å². The Morgan fingerprint density at radius 3 is 2.50 bits per heavy atom. The summed E-state index contributed by atoms with van der Waals surface area (Å²) in [6, 6.07) is 5.56. The second kappa shape index (κ2) is 5.66. The average molecular weight is 293 g/mol. The number of nitrogens with zero attached hydrogens (tertiary/aromatic N) is 2. The smallest absolute Gasteiger partial charge is 0.336 e. The van der Waals surface area contributed by atoms with Gasteiger partial charge in [-0.25, -0.2) is 19.6 Å². The van der Waals surface area contributed by atoms with Gasteiger partial charge in [0.25, 0.3) is 0 Å². The van der Waals surface area contributed by atoms with Crippen LogP contribution < -0.4 is 0 Å². The fraction of sp³-hybridized carbons (Fsp3) is 0.0769. The van der Waals surface area contributed by atoms with Gasteiger partial charge in [0.15, 0.2) is 0 Å². The van der Waals surface area contributed by atoms with Gasteiger partial charge in [0.05, 0.1) is 11.1 Å². The van der Waals surface area contributed by atoms with Gasteiger partial charge in [-0.05, 0) is 35.4 Å². The molecule has 0 radical (unpaired) electrons. The second-order valence-corrected chi connectivity index (χ2v) is 4.31. The third kappa shape index (κ3) is 3.10. The molecule has 102 valence electrons. The Balaban J connectivity index is 2.41. The van der Waals surface area contributed by atoms with Crippen molar-refractivity contribution in [2.75, 3.05) is 0 Å². The molecule has 0 amide bonds. The molecule has 0 aliphatic heterocycles. The molecule has 1 heterocycles. The van der Waals surface area contributed by atoms with Crippen molar-refractivity contribution < 1.29 is 19.8 Å². The van der Waals surface area contributed by atoms with Crippen molar-refractivity contribution >= 4 is 23.5 Å². The molecule has 0 bridgehead atoms. The van der Waals surface area contributed by atoms with Gasteiger partial charge in [-0.2, -0.15) is 0 Å². The van der Waals surface area contributed by atoms with E-state index in [-0.39, 0.29) is 22.8 Å². The number of carboxylic acids is 2. The first-order chi connectivity index (χ1) is 9.47. The van der Waals surface area contributed by atoms with Crippen LogP contribution in [0.3, 0.4) is 0 Å². The van der Waals surface area contributed by atoms with Crippen LogP contribution in [-0.4, -0.2) is 32.1 Å². The molecule has 0 saturated heterocycles. The van der Waals surface area contributed by atoms with Gasteiger partial charge in [-0.3, -0.25) is 0 Å². The Kier molecular flexibility index (Phi) is 3.95. The highest BCUT2D eigenvalue weighted by molar-refractivity contribution is 6.28. The summed E-state index contributed by atoms with van der Waals surface area (Å²) >= 11 is 5.66. The topological polar surface area (TPSA) is 100 Å². The van der Waals surface area contributed by atoms with Crippen molar-refractivity contribution in [1.82, 2.24) is 9.97 Å². The van der Waals surface area contributed by atoms with E-state index in [0.29, 0.717) is 11.3 Å². The van der Waals surface area contributed by atoms with Crippen molar-refractivity contribution in [3.63, 3.8) is 0 Å². The number of aromatic carboxylic acids is 2. The number of hydrogen-bond donors (Lipinski definition) is 2. The lowest BCUT2D eigenvalue weighted by Gasteiger charge is -2.07. The number of carbonyl (C=O) groups is 2. The largest absolute Gasteiger partial charge is 0.478 e. The first-order valence-electron chi connectivity index (χ1n) is 5.54. The standard InChI is InChI=1S/C13H9ClN2O4/c14-13-15-4-3-9(16-13)5-7-1-2-8(11(17)18)6-10(7)12(19)20/h1-4,6H,5H2,(H,17,18)(H,19,20). The number of rotatable bonds is 4. The van der Waals surface area contributed by atoms with Crippen LogP contribution in [0.4, 0.5) is 0 Å². The third-order valence-corrected chi connectivity index (χ3v) is 2.82. The van der Waals surface area contributed by atoms with Crippen LogP contribution >= 0.6 is 11.6 Å². The van der Waals surface area contributed by atoms with Gasteiger partial charge >= 0.3 is 11.9 Å². The lowest BCUT2D eigenvalue weighted by atomic mass is 10.00. The molecule has 0 spiro atoms. The fourth-order valence-electron chi connectivity index (χ4n) is 1.73. The lowest BCUT2D eigenvalue weighted by molar-refractivity contribution is 0.0695. The normalized spacial score (nSPS) is 10.2. The summed E-state index contributed by atoms with van der Waals surface area (Å²) in [5, 5.41) is 18.1. The molecule has 7 heteroatoms. The first-order valence-corrected chi connectivity index (χ1v) is 5.92. The van der Waals surface area contributed by atoms with Crippen LogP contribution in [0.2, 0.25) is 5.28 Å². The predicted octanol–water partition coefficient (Wildman–Crippen LogP) is 2.12. The highest BCUT2D eigenvalue weighted by Crippen LogP contribution is 2.16. The maximum Gasteiger partial charge on any atom is 0.336 e. The Morgan fingerprint density at radius 2 is 1.90 bits per heavy atom. The molecular formula is C13H9ClN2O4. The van der Waals surface area contributed by atoms with E-state index in [1.165, 1.54) is 18.3 Å².